The lowest BCUT2D eigenvalue weighted by Gasteiger charge is -2.26. The molecule has 0 amide bonds. The molecule has 4 rings (SSSR count). The van der Waals surface area contributed by atoms with Gasteiger partial charge in [-0.1, -0.05) is 60.7 Å². The maximum Gasteiger partial charge on any atom is 0.191 e. The Morgan fingerprint density at radius 1 is 0.923 bits per heavy atom. The normalized spacial score (nSPS) is 15.9. The highest BCUT2D eigenvalue weighted by Crippen LogP contribution is 2.34. The van der Waals surface area contributed by atoms with Gasteiger partial charge >= 0.3 is 0 Å². The number of aromatic nitrogens is 3. The molecule has 0 aliphatic carbocycles. The molecule has 2 heterocycles. The van der Waals surface area contributed by atoms with E-state index in [2.05, 4.69) is 15.5 Å². The van der Waals surface area contributed by atoms with E-state index in [1.807, 2.05) is 60.7 Å². The molecule has 1 aliphatic rings. The fourth-order valence-electron chi connectivity index (χ4n) is 3.69. The second-order valence-electron chi connectivity index (χ2n) is 6.95. The number of benzene rings is 2. The van der Waals surface area contributed by atoms with Crippen LogP contribution in [0.5, 0.6) is 0 Å². The molecule has 1 fully saturated rings. The highest BCUT2D eigenvalue weighted by atomic mass is 16.3. The Kier molecular flexibility index (Phi) is 4.82. The van der Waals surface area contributed by atoms with Gasteiger partial charge in [0.15, 0.2) is 11.4 Å². The van der Waals surface area contributed by atoms with E-state index in [4.69, 9.17) is 4.98 Å². The highest BCUT2D eigenvalue weighted by molar-refractivity contribution is 5.42. The first-order valence-electron chi connectivity index (χ1n) is 9.22. The van der Waals surface area contributed by atoms with Gasteiger partial charge in [-0.15, -0.1) is 0 Å². The van der Waals surface area contributed by atoms with Crippen LogP contribution >= 0.6 is 0 Å². The summed E-state index contributed by atoms with van der Waals surface area (Å²) in [4.78, 5) is 4.69. The van der Waals surface area contributed by atoms with Crippen molar-refractivity contribution in [3.8, 4) is 0 Å². The van der Waals surface area contributed by atoms with Crippen molar-refractivity contribution in [2.45, 2.75) is 24.9 Å². The molecule has 1 aromatic heterocycles. The van der Waals surface area contributed by atoms with Gasteiger partial charge in [-0.25, -0.2) is 4.98 Å². The Bertz CT molecular complexity index is 786. The SMILES string of the molecule is OC(c1ccccc1)(c1ccccc1)c1n[nH]c(CC2CCNCC2)n1. The van der Waals surface area contributed by atoms with Crippen molar-refractivity contribution in [1.29, 1.82) is 0 Å². The molecule has 0 bridgehead atoms. The number of hydrogen-bond donors (Lipinski definition) is 3. The molecule has 0 unspecified atom stereocenters. The summed E-state index contributed by atoms with van der Waals surface area (Å²) in [7, 11) is 0. The summed E-state index contributed by atoms with van der Waals surface area (Å²) in [5, 5.41) is 22.5. The Morgan fingerprint density at radius 2 is 1.50 bits per heavy atom. The zero-order chi connectivity index (χ0) is 17.8. The quantitative estimate of drug-likeness (QED) is 0.663. The number of nitrogens with zero attached hydrogens (tertiary/aromatic N) is 2. The first kappa shape index (κ1) is 16.9. The van der Waals surface area contributed by atoms with E-state index in [0.717, 1.165) is 49.3 Å². The molecule has 0 saturated carbocycles. The number of aromatic amines is 1. The van der Waals surface area contributed by atoms with Gasteiger partial charge in [0.05, 0.1) is 0 Å². The van der Waals surface area contributed by atoms with Gasteiger partial charge in [-0.05, 0) is 43.0 Å². The second-order valence-corrected chi connectivity index (χ2v) is 6.95. The molecule has 2 aromatic carbocycles. The van der Waals surface area contributed by atoms with Crippen molar-refractivity contribution in [2.24, 2.45) is 5.92 Å². The average Bonchev–Trinajstić information content (AvgIpc) is 3.18. The third-order valence-electron chi connectivity index (χ3n) is 5.18. The van der Waals surface area contributed by atoms with Crippen LogP contribution in [0.3, 0.4) is 0 Å². The lowest BCUT2D eigenvalue weighted by atomic mass is 9.85. The van der Waals surface area contributed by atoms with Gasteiger partial charge in [0.2, 0.25) is 0 Å². The molecule has 134 valence electrons. The zero-order valence-corrected chi connectivity index (χ0v) is 14.7. The van der Waals surface area contributed by atoms with Crippen molar-refractivity contribution < 1.29 is 5.11 Å². The van der Waals surface area contributed by atoms with Gasteiger partial charge in [0.1, 0.15) is 5.82 Å². The summed E-state index contributed by atoms with van der Waals surface area (Å²) in [5.41, 5.74) is 0.156. The lowest BCUT2D eigenvalue weighted by molar-refractivity contribution is 0.116. The summed E-state index contributed by atoms with van der Waals surface area (Å²) in [6, 6.07) is 19.2. The van der Waals surface area contributed by atoms with Crippen molar-refractivity contribution in [2.75, 3.05) is 13.1 Å². The molecular weight excluding hydrogens is 324 g/mol. The molecule has 1 saturated heterocycles. The number of rotatable bonds is 5. The Hall–Kier alpha value is -2.50. The summed E-state index contributed by atoms with van der Waals surface area (Å²) in [6.07, 6.45) is 3.17. The molecule has 3 N–H and O–H groups in total. The van der Waals surface area contributed by atoms with Crippen molar-refractivity contribution in [3.63, 3.8) is 0 Å². The average molecular weight is 348 g/mol. The largest absolute Gasteiger partial charge is 0.373 e. The molecule has 0 spiro atoms. The Morgan fingerprint density at radius 3 is 2.08 bits per heavy atom. The van der Waals surface area contributed by atoms with Crippen LogP contribution in [0.25, 0.3) is 0 Å². The van der Waals surface area contributed by atoms with Crippen LogP contribution in [0.15, 0.2) is 60.7 Å². The van der Waals surface area contributed by atoms with Crippen molar-refractivity contribution in [1.82, 2.24) is 20.5 Å². The Labute approximate surface area is 153 Å². The molecule has 0 radical (unpaired) electrons. The summed E-state index contributed by atoms with van der Waals surface area (Å²) in [6.45, 7) is 2.12. The van der Waals surface area contributed by atoms with Crippen LogP contribution in [0.1, 0.15) is 35.6 Å². The van der Waals surface area contributed by atoms with E-state index in [-0.39, 0.29) is 0 Å². The van der Waals surface area contributed by atoms with Gasteiger partial charge in [0, 0.05) is 6.42 Å². The van der Waals surface area contributed by atoms with Crippen LogP contribution in [0.2, 0.25) is 0 Å². The van der Waals surface area contributed by atoms with Gasteiger partial charge in [0.25, 0.3) is 0 Å². The van der Waals surface area contributed by atoms with Crippen LogP contribution < -0.4 is 5.32 Å². The third kappa shape index (κ3) is 3.28. The van der Waals surface area contributed by atoms with Gasteiger partial charge in [-0.2, -0.15) is 5.10 Å². The number of nitrogens with one attached hydrogen (secondary N) is 2. The van der Waals surface area contributed by atoms with Crippen molar-refractivity contribution in [3.05, 3.63) is 83.4 Å². The predicted molar refractivity (Wildman–Crippen MR) is 101 cm³/mol. The fraction of sp³-hybridized carbons (Fsp3) is 0.333. The number of aliphatic hydroxyl groups is 1. The zero-order valence-electron chi connectivity index (χ0n) is 14.7. The standard InChI is InChI=1S/C21H24N4O/c26-21(17-7-3-1-4-8-17,18-9-5-2-6-10-18)20-23-19(24-25-20)15-16-11-13-22-14-12-16/h1-10,16,22,26H,11-15H2,(H,23,24,25). The summed E-state index contributed by atoms with van der Waals surface area (Å²) >= 11 is 0. The van der Waals surface area contributed by atoms with E-state index < -0.39 is 5.60 Å². The van der Waals surface area contributed by atoms with Crippen molar-refractivity contribution >= 4 is 0 Å². The lowest BCUT2D eigenvalue weighted by Crippen LogP contribution is -2.30. The highest BCUT2D eigenvalue weighted by Gasteiger charge is 2.38. The topological polar surface area (TPSA) is 73.8 Å². The number of hydrogen-bond acceptors (Lipinski definition) is 4. The first-order chi connectivity index (χ1) is 12.8. The smallest absolute Gasteiger partial charge is 0.191 e. The van der Waals surface area contributed by atoms with E-state index in [1.54, 1.807) is 0 Å². The minimum Gasteiger partial charge on any atom is -0.373 e. The third-order valence-corrected chi connectivity index (χ3v) is 5.18. The first-order valence-corrected chi connectivity index (χ1v) is 9.22. The predicted octanol–water partition coefficient (Wildman–Crippen LogP) is 2.63. The van der Waals surface area contributed by atoms with E-state index in [1.165, 1.54) is 0 Å². The monoisotopic (exact) mass is 348 g/mol. The maximum atomic E-state index is 11.7. The fourth-order valence-corrected chi connectivity index (χ4v) is 3.69. The molecule has 1 aliphatic heterocycles. The van der Waals surface area contributed by atoms with Crippen LogP contribution in [0.4, 0.5) is 0 Å². The summed E-state index contributed by atoms with van der Waals surface area (Å²) < 4.78 is 0. The Balaban J connectivity index is 1.69. The summed E-state index contributed by atoms with van der Waals surface area (Å²) in [5.74, 6) is 1.86. The second kappa shape index (κ2) is 7.40. The molecule has 3 aromatic rings. The maximum absolute atomic E-state index is 11.7. The van der Waals surface area contributed by atoms with Crippen LogP contribution in [0, 0.1) is 5.92 Å². The van der Waals surface area contributed by atoms with Gasteiger partial charge < -0.3 is 10.4 Å². The minimum atomic E-state index is -1.37. The van der Waals surface area contributed by atoms with E-state index in [0.29, 0.717) is 11.7 Å². The number of H-pyrrole nitrogens is 1. The molecule has 26 heavy (non-hydrogen) atoms. The van der Waals surface area contributed by atoms with E-state index in [9.17, 15) is 5.11 Å². The van der Waals surface area contributed by atoms with E-state index >= 15 is 0 Å². The molecule has 5 heteroatoms. The van der Waals surface area contributed by atoms with Gasteiger partial charge in [-0.3, -0.25) is 5.10 Å². The van der Waals surface area contributed by atoms with Crippen LogP contribution in [-0.2, 0) is 12.0 Å². The number of piperidine rings is 1. The molecular formula is C21H24N4O. The molecule has 5 nitrogen and oxygen atoms in total. The van der Waals surface area contributed by atoms with Crippen LogP contribution in [-0.4, -0.2) is 33.4 Å². The molecule has 0 atom stereocenters. The minimum absolute atomic E-state index is 0.402.